The van der Waals surface area contributed by atoms with Crippen LogP contribution in [0.1, 0.15) is 43.6 Å². The molecule has 1 aromatic heterocycles. The van der Waals surface area contributed by atoms with Crippen LogP contribution in [0.3, 0.4) is 0 Å². The van der Waals surface area contributed by atoms with Gasteiger partial charge in [-0.15, -0.1) is 0 Å². The van der Waals surface area contributed by atoms with Crippen LogP contribution in [0.25, 0.3) is 0 Å². The first kappa shape index (κ1) is 10.9. The molecule has 0 aromatic carbocycles. The molecule has 2 N–H and O–H groups in total. The number of nitrogen functional groups attached to an aromatic ring is 1. The summed E-state index contributed by atoms with van der Waals surface area (Å²) in [6.45, 7) is 0. The van der Waals surface area contributed by atoms with Gasteiger partial charge in [0.15, 0.2) is 0 Å². The molecule has 0 radical (unpaired) electrons. The first-order chi connectivity index (χ1) is 7.27. The lowest BCUT2D eigenvalue weighted by molar-refractivity contribution is 0.599. The molecule has 1 heterocycles. The zero-order chi connectivity index (χ0) is 10.7. The van der Waals surface area contributed by atoms with Gasteiger partial charge in [-0.1, -0.05) is 28.8 Å². The summed E-state index contributed by atoms with van der Waals surface area (Å²) in [7, 11) is 0. The molecule has 0 aliphatic heterocycles. The van der Waals surface area contributed by atoms with Gasteiger partial charge in [-0.25, -0.2) is 0 Å². The van der Waals surface area contributed by atoms with Gasteiger partial charge in [0.25, 0.3) is 0 Å². The molecule has 1 saturated carbocycles. The summed E-state index contributed by atoms with van der Waals surface area (Å²) in [5.74, 6) is 0.588. The van der Waals surface area contributed by atoms with Crippen LogP contribution in [-0.4, -0.2) is 9.81 Å². The van der Waals surface area contributed by atoms with E-state index in [-0.39, 0.29) is 0 Å². The highest BCUT2D eigenvalue weighted by molar-refractivity contribution is 9.09. The number of alkyl halides is 1. The smallest absolute Gasteiger partial charge is 0.0380 e. The number of anilines is 1. The van der Waals surface area contributed by atoms with Gasteiger partial charge >= 0.3 is 0 Å². The lowest BCUT2D eigenvalue weighted by Crippen LogP contribution is -2.06. The highest BCUT2D eigenvalue weighted by atomic mass is 79.9. The second-order valence-corrected chi connectivity index (χ2v) is 5.61. The number of rotatable bonds is 1. The molecule has 3 heteroatoms. The normalized spacial score (nSPS) is 27.3. The lowest BCUT2D eigenvalue weighted by atomic mass is 9.92. The molecule has 1 aliphatic carbocycles. The summed E-state index contributed by atoms with van der Waals surface area (Å²) in [6.07, 6.45) is 10.1. The Morgan fingerprint density at radius 2 is 2.13 bits per heavy atom. The minimum Gasteiger partial charge on any atom is -0.398 e. The summed E-state index contributed by atoms with van der Waals surface area (Å²) < 4.78 is 0. The van der Waals surface area contributed by atoms with Crippen molar-refractivity contribution in [1.82, 2.24) is 4.98 Å². The summed E-state index contributed by atoms with van der Waals surface area (Å²) in [4.78, 5) is 4.82. The van der Waals surface area contributed by atoms with Gasteiger partial charge in [-0.3, -0.25) is 4.98 Å². The average molecular weight is 269 g/mol. The van der Waals surface area contributed by atoms with E-state index in [0.29, 0.717) is 10.7 Å². The molecule has 2 rings (SSSR count). The number of nitrogens with two attached hydrogens (primary N) is 1. The molecule has 15 heavy (non-hydrogen) atoms. The fraction of sp³-hybridized carbons (Fsp3) is 0.583. The third-order valence-corrected chi connectivity index (χ3v) is 4.02. The van der Waals surface area contributed by atoms with Crippen LogP contribution in [0.2, 0.25) is 0 Å². The molecule has 82 valence electrons. The molecule has 2 atom stereocenters. The van der Waals surface area contributed by atoms with E-state index >= 15 is 0 Å². The molecule has 1 fully saturated rings. The number of aromatic nitrogens is 1. The van der Waals surface area contributed by atoms with Crippen LogP contribution in [-0.2, 0) is 0 Å². The van der Waals surface area contributed by atoms with E-state index in [1.54, 1.807) is 6.20 Å². The molecule has 2 unspecified atom stereocenters. The predicted molar refractivity (Wildman–Crippen MR) is 67.2 cm³/mol. The first-order valence-electron chi connectivity index (χ1n) is 5.61. The van der Waals surface area contributed by atoms with Crippen molar-refractivity contribution in [2.45, 2.75) is 42.8 Å². The Bertz CT molecular complexity index is 327. The summed E-state index contributed by atoms with van der Waals surface area (Å²) in [5.41, 5.74) is 8.13. The monoisotopic (exact) mass is 268 g/mol. The van der Waals surface area contributed by atoms with Crippen LogP contribution in [0, 0.1) is 0 Å². The van der Waals surface area contributed by atoms with Gasteiger partial charge in [-0.05, 0) is 36.8 Å². The Morgan fingerprint density at radius 3 is 2.93 bits per heavy atom. The molecule has 1 aliphatic rings. The second kappa shape index (κ2) is 4.97. The fourth-order valence-electron chi connectivity index (χ4n) is 2.34. The Kier molecular flexibility index (Phi) is 3.62. The van der Waals surface area contributed by atoms with Crippen molar-refractivity contribution in [2.75, 3.05) is 5.73 Å². The molecule has 0 spiro atoms. The summed E-state index contributed by atoms with van der Waals surface area (Å²) in [5, 5.41) is 0. The third kappa shape index (κ3) is 2.71. The van der Waals surface area contributed by atoms with Gasteiger partial charge in [-0.2, -0.15) is 0 Å². The fourth-order valence-corrected chi connectivity index (χ4v) is 3.12. The molecule has 0 bridgehead atoms. The van der Waals surface area contributed by atoms with Crippen LogP contribution in [0.4, 0.5) is 5.69 Å². The standard InChI is InChI=1S/C12H17BrN2/c13-10-4-2-1-3-9(7-10)11-8-15-6-5-12(11)14/h5-6,8-10H,1-4,7H2,(H2,14,15). The van der Waals surface area contributed by atoms with E-state index in [1.165, 1.54) is 37.7 Å². The molecule has 1 aromatic rings. The van der Waals surface area contributed by atoms with E-state index in [1.807, 2.05) is 12.3 Å². The van der Waals surface area contributed by atoms with Crippen molar-refractivity contribution in [3.63, 3.8) is 0 Å². The van der Waals surface area contributed by atoms with Gasteiger partial charge in [0, 0.05) is 22.9 Å². The number of halogens is 1. The number of hydrogen-bond donors (Lipinski definition) is 1. The maximum Gasteiger partial charge on any atom is 0.0380 e. The van der Waals surface area contributed by atoms with Gasteiger partial charge in [0.05, 0.1) is 0 Å². The molecule has 0 saturated heterocycles. The Morgan fingerprint density at radius 1 is 1.33 bits per heavy atom. The Labute approximate surface area is 99.4 Å². The van der Waals surface area contributed by atoms with Crippen molar-refractivity contribution in [1.29, 1.82) is 0 Å². The molecule has 2 nitrogen and oxygen atoms in total. The van der Waals surface area contributed by atoms with Crippen molar-refractivity contribution < 1.29 is 0 Å². The number of nitrogens with zero attached hydrogens (tertiary/aromatic N) is 1. The average Bonchev–Trinajstić information content (AvgIpc) is 2.43. The Hall–Kier alpha value is -0.570. The lowest BCUT2D eigenvalue weighted by Gasteiger charge is -2.17. The van der Waals surface area contributed by atoms with Crippen molar-refractivity contribution in [3.05, 3.63) is 24.0 Å². The SMILES string of the molecule is Nc1ccncc1C1CCCCC(Br)C1. The zero-order valence-electron chi connectivity index (χ0n) is 8.82. The zero-order valence-corrected chi connectivity index (χ0v) is 10.4. The Balaban J connectivity index is 2.18. The quantitative estimate of drug-likeness (QED) is 0.626. The first-order valence-corrected chi connectivity index (χ1v) is 6.52. The van der Waals surface area contributed by atoms with Crippen LogP contribution in [0.15, 0.2) is 18.5 Å². The maximum atomic E-state index is 5.99. The van der Waals surface area contributed by atoms with E-state index in [9.17, 15) is 0 Å². The molecular formula is C12H17BrN2. The highest BCUT2D eigenvalue weighted by Gasteiger charge is 2.21. The largest absolute Gasteiger partial charge is 0.398 e. The van der Waals surface area contributed by atoms with Crippen molar-refractivity contribution in [3.8, 4) is 0 Å². The highest BCUT2D eigenvalue weighted by Crippen LogP contribution is 2.36. The van der Waals surface area contributed by atoms with Crippen LogP contribution < -0.4 is 5.73 Å². The minimum absolute atomic E-state index is 0.588. The molecular weight excluding hydrogens is 252 g/mol. The van der Waals surface area contributed by atoms with E-state index in [4.69, 9.17) is 5.73 Å². The predicted octanol–water partition coefficient (Wildman–Crippen LogP) is 3.48. The van der Waals surface area contributed by atoms with E-state index < -0.39 is 0 Å². The number of hydrogen-bond acceptors (Lipinski definition) is 2. The van der Waals surface area contributed by atoms with Crippen LogP contribution >= 0.6 is 15.9 Å². The third-order valence-electron chi connectivity index (χ3n) is 3.19. The number of pyridine rings is 1. The second-order valence-electron chi connectivity index (χ2n) is 4.32. The molecule has 0 amide bonds. The van der Waals surface area contributed by atoms with Crippen molar-refractivity contribution in [2.24, 2.45) is 0 Å². The topological polar surface area (TPSA) is 38.9 Å². The van der Waals surface area contributed by atoms with Crippen LogP contribution in [0.5, 0.6) is 0 Å². The minimum atomic E-state index is 0.588. The van der Waals surface area contributed by atoms with Gasteiger partial charge < -0.3 is 5.73 Å². The summed E-state index contributed by atoms with van der Waals surface area (Å²) in [6, 6.07) is 1.91. The van der Waals surface area contributed by atoms with Gasteiger partial charge in [0.2, 0.25) is 0 Å². The van der Waals surface area contributed by atoms with Gasteiger partial charge in [0.1, 0.15) is 0 Å². The summed E-state index contributed by atoms with van der Waals surface area (Å²) >= 11 is 3.74. The maximum absolute atomic E-state index is 5.99. The van der Waals surface area contributed by atoms with Crippen molar-refractivity contribution >= 4 is 21.6 Å². The van der Waals surface area contributed by atoms with E-state index in [2.05, 4.69) is 20.9 Å². The van der Waals surface area contributed by atoms with E-state index in [0.717, 1.165) is 5.69 Å².